The van der Waals surface area contributed by atoms with Crippen LogP contribution in [0.25, 0.3) is 0 Å². The summed E-state index contributed by atoms with van der Waals surface area (Å²) in [6, 6.07) is 6.78. The second-order valence-electron chi connectivity index (χ2n) is 3.50. The molecule has 1 unspecified atom stereocenters. The maximum absolute atomic E-state index is 11.8. The van der Waals surface area contributed by atoms with Crippen molar-refractivity contribution < 1.29 is 9.59 Å². The average Bonchev–Trinajstić information content (AvgIpc) is 2.65. The fraction of sp³-hybridized carbons (Fsp3) is 0.273. The van der Waals surface area contributed by atoms with Gasteiger partial charge >= 0.3 is 0 Å². The molecule has 2 rings (SSSR count). The summed E-state index contributed by atoms with van der Waals surface area (Å²) in [7, 11) is 0. The van der Waals surface area contributed by atoms with Crippen molar-refractivity contribution in [2.24, 2.45) is 0 Å². The molecule has 0 aliphatic carbocycles. The van der Waals surface area contributed by atoms with E-state index in [0.717, 1.165) is 0 Å². The Balaban J connectivity index is 1.98. The lowest BCUT2D eigenvalue weighted by Crippen LogP contribution is -2.26. The highest BCUT2D eigenvalue weighted by Crippen LogP contribution is 2.20. The minimum absolute atomic E-state index is 0.00101. The average molecular weight is 256 g/mol. The Labute approximate surface area is 103 Å². The molecule has 1 fully saturated rings. The summed E-state index contributed by atoms with van der Waals surface area (Å²) in [4.78, 5) is 22.8. The first-order valence-corrected chi connectivity index (χ1v) is 6.27. The Kier molecular flexibility index (Phi) is 3.51. The van der Waals surface area contributed by atoms with Gasteiger partial charge in [0, 0.05) is 17.0 Å². The topological polar surface area (TPSA) is 46.2 Å². The molecule has 0 saturated carbocycles. The van der Waals surface area contributed by atoms with Crippen LogP contribution in [0.5, 0.6) is 0 Å². The van der Waals surface area contributed by atoms with Crippen molar-refractivity contribution in [3.63, 3.8) is 0 Å². The Hall–Kier alpha value is -1.00. The molecule has 0 radical (unpaired) electrons. The van der Waals surface area contributed by atoms with Crippen molar-refractivity contribution in [2.75, 3.05) is 5.75 Å². The maximum atomic E-state index is 11.8. The van der Waals surface area contributed by atoms with E-state index in [1.54, 1.807) is 24.3 Å². The van der Waals surface area contributed by atoms with Gasteiger partial charge in [-0.05, 0) is 24.3 Å². The zero-order chi connectivity index (χ0) is 11.5. The summed E-state index contributed by atoms with van der Waals surface area (Å²) in [5.74, 6) is 0.466. The van der Waals surface area contributed by atoms with Crippen LogP contribution in [0.3, 0.4) is 0 Å². The molecule has 1 aromatic carbocycles. The van der Waals surface area contributed by atoms with Crippen molar-refractivity contribution >= 4 is 35.1 Å². The molecule has 1 atom stereocenters. The van der Waals surface area contributed by atoms with Gasteiger partial charge in [-0.2, -0.15) is 0 Å². The number of carbonyl (C=O) groups excluding carboxylic acids is 2. The van der Waals surface area contributed by atoms with Gasteiger partial charge in [0.25, 0.3) is 0 Å². The number of halogens is 1. The van der Waals surface area contributed by atoms with Crippen LogP contribution in [0.15, 0.2) is 24.3 Å². The molecular weight excluding hydrogens is 246 g/mol. The summed E-state index contributed by atoms with van der Waals surface area (Å²) < 4.78 is 0. The van der Waals surface area contributed by atoms with Crippen molar-refractivity contribution in [3.05, 3.63) is 34.9 Å². The standard InChI is InChI=1S/C11H10ClNO2S/c12-8-3-1-7(2-4-8)9(14)5-11-13-10(15)6-16-11/h1-4,11H,5-6H2,(H,13,15). The summed E-state index contributed by atoms with van der Waals surface area (Å²) in [5, 5.41) is 3.27. The van der Waals surface area contributed by atoms with Gasteiger partial charge in [0.2, 0.25) is 5.91 Å². The minimum Gasteiger partial charge on any atom is -0.343 e. The predicted octanol–water partition coefficient (Wildman–Crippen LogP) is 2.10. The molecule has 1 heterocycles. The van der Waals surface area contributed by atoms with Gasteiger partial charge in [0.1, 0.15) is 0 Å². The molecule has 0 bridgehead atoms. The van der Waals surface area contributed by atoms with Crippen LogP contribution in [0.1, 0.15) is 16.8 Å². The van der Waals surface area contributed by atoms with Gasteiger partial charge in [-0.1, -0.05) is 11.6 Å². The Morgan fingerprint density at radius 3 is 2.69 bits per heavy atom. The van der Waals surface area contributed by atoms with E-state index in [9.17, 15) is 9.59 Å². The quantitative estimate of drug-likeness (QED) is 0.842. The molecule has 1 amide bonds. The molecule has 1 aliphatic heterocycles. The van der Waals surface area contributed by atoms with E-state index >= 15 is 0 Å². The molecule has 1 aromatic rings. The summed E-state index contributed by atoms with van der Waals surface area (Å²) in [5.41, 5.74) is 0.631. The number of carbonyl (C=O) groups is 2. The van der Waals surface area contributed by atoms with Crippen molar-refractivity contribution in [1.29, 1.82) is 0 Å². The number of nitrogens with one attached hydrogen (secondary N) is 1. The van der Waals surface area contributed by atoms with Crippen LogP contribution >= 0.6 is 23.4 Å². The monoisotopic (exact) mass is 255 g/mol. The lowest BCUT2D eigenvalue weighted by molar-refractivity contribution is -0.118. The highest BCUT2D eigenvalue weighted by molar-refractivity contribution is 8.01. The van der Waals surface area contributed by atoms with Crippen LogP contribution in [0.4, 0.5) is 0 Å². The molecule has 5 heteroatoms. The molecule has 1 saturated heterocycles. The van der Waals surface area contributed by atoms with Gasteiger partial charge < -0.3 is 5.32 Å². The molecule has 3 nitrogen and oxygen atoms in total. The van der Waals surface area contributed by atoms with Crippen molar-refractivity contribution in [2.45, 2.75) is 11.8 Å². The zero-order valence-electron chi connectivity index (χ0n) is 8.40. The van der Waals surface area contributed by atoms with Gasteiger partial charge in [-0.15, -0.1) is 11.8 Å². The lowest BCUT2D eigenvalue weighted by Gasteiger charge is -2.07. The first-order chi connectivity index (χ1) is 7.65. The van der Waals surface area contributed by atoms with E-state index in [-0.39, 0.29) is 17.1 Å². The second kappa shape index (κ2) is 4.89. The van der Waals surface area contributed by atoms with Gasteiger partial charge in [-0.3, -0.25) is 9.59 Å². The normalized spacial score (nSPS) is 19.6. The molecule has 0 aromatic heterocycles. The van der Waals surface area contributed by atoms with Gasteiger partial charge in [-0.25, -0.2) is 0 Å². The molecule has 1 N–H and O–H groups in total. The van der Waals surface area contributed by atoms with E-state index in [1.807, 2.05) is 0 Å². The lowest BCUT2D eigenvalue weighted by atomic mass is 10.1. The maximum Gasteiger partial charge on any atom is 0.230 e. The summed E-state index contributed by atoms with van der Waals surface area (Å²) >= 11 is 7.20. The molecule has 84 valence electrons. The zero-order valence-corrected chi connectivity index (χ0v) is 9.98. The van der Waals surface area contributed by atoms with Crippen LogP contribution < -0.4 is 5.32 Å². The Bertz CT molecular complexity index is 418. The van der Waals surface area contributed by atoms with Crippen LogP contribution in [0.2, 0.25) is 5.02 Å². The SMILES string of the molecule is O=C1CSC(CC(=O)c2ccc(Cl)cc2)N1. The first-order valence-electron chi connectivity index (χ1n) is 4.85. The molecule has 16 heavy (non-hydrogen) atoms. The second-order valence-corrected chi connectivity index (χ2v) is 5.13. The number of Topliss-reactive ketones (excluding diaryl/α,β-unsaturated/α-hetero) is 1. The summed E-state index contributed by atoms with van der Waals surface area (Å²) in [6.45, 7) is 0. The Morgan fingerprint density at radius 2 is 2.12 bits per heavy atom. The number of rotatable bonds is 3. The number of thioether (sulfide) groups is 1. The third-order valence-corrected chi connectivity index (χ3v) is 3.64. The first kappa shape index (κ1) is 11.5. The molecule has 0 spiro atoms. The highest BCUT2D eigenvalue weighted by atomic mass is 35.5. The number of benzene rings is 1. The van der Waals surface area contributed by atoms with Crippen molar-refractivity contribution in [1.82, 2.24) is 5.32 Å². The molecular formula is C11H10ClNO2S. The largest absolute Gasteiger partial charge is 0.343 e. The Morgan fingerprint density at radius 1 is 1.44 bits per heavy atom. The predicted molar refractivity (Wildman–Crippen MR) is 64.8 cm³/mol. The van der Waals surface area contributed by atoms with Crippen LogP contribution in [0, 0.1) is 0 Å². The van der Waals surface area contributed by atoms with Crippen molar-refractivity contribution in [3.8, 4) is 0 Å². The third kappa shape index (κ3) is 2.77. The van der Waals surface area contributed by atoms with Crippen LogP contribution in [-0.4, -0.2) is 22.8 Å². The minimum atomic E-state index is -0.0873. The number of hydrogen-bond donors (Lipinski definition) is 1. The van der Waals surface area contributed by atoms with E-state index in [1.165, 1.54) is 11.8 Å². The third-order valence-electron chi connectivity index (χ3n) is 2.27. The fourth-order valence-corrected chi connectivity index (χ4v) is 2.52. The number of amides is 1. The summed E-state index contributed by atoms with van der Waals surface area (Å²) in [6.07, 6.45) is 0.331. The smallest absolute Gasteiger partial charge is 0.230 e. The number of ketones is 1. The van der Waals surface area contributed by atoms with Gasteiger partial charge in [0.05, 0.1) is 11.1 Å². The van der Waals surface area contributed by atoms with E-state index < -0.39 is 0 Å². The van der Waals surface area contributed by atoms with E-state index in [2.05, 4.69) is 5.32 Å². The number of hydrogen-bond acceptors (Lipinski definition) is 3. The van der Waals surface area contributed by atoms with E-state index in [0.29, 0.717) is 22.8 Å². The highest BCUT2D eigenvalue weighted by Gasteiger charge is 2.24. The fourth-order valence-electron chi connectivity index (χ4n) is 1.47. The molecule has 1 aliphatic rings. The van der Waals surface area contributed by atoms with Crippen LogP contribution in [-0.2, 0) is 4.79 Å². The van der Waals surface area contributed by atoms with Gasteiger partial charge in [0.15, 0.2) is 5.78 Å². The van der Waals surface area contributed by atoms with E-state index in [4.69, 9.17) is 11.6 Å².